The average molecular weight is 243 g/mol. The average Bonchev–Trinajstić information content (AvgIpc) is 2.34. The SMILES string of the molecule is COCCC(=O)NC(C(=O)O)C1CCCCC1. The van der Waals surface area contributed by atoms with E-state index in [1.807, 2.05) is 0 Å². The van der Waals surface area contributed by atoms with Gasteiger partial charge < -0.3 is 15.2 Å². The summed E-state index contributed by atoms with van der Waals surface area (Å²) in [7, 11) is 1.52. The second kappa shape index (κ2) is 7.27. The Hall–Kier alpha value is -1.10. The van der Waals surface area contributed by atoms with Crippen molar-refractivity contribution in [3.05, 3.63) is 0 Å². The van der Waals surface area contributed by atoms with Crippen molar-refractivity contribution < 1.29 is 19.4 Å². The van der Waals surface area contributed by atoms with Gasteiger partial charge in [-0.2, -0.15) is 0 Å². The number of rotatable bonds is 6. The number of ether oxygens (including phenoxy) is 1. The van der Waals surface area contributed by atoms with Crippen LogP contribution >= 0.6 is 0 Å². The van der Waals surface area contributed by atoms with Crippen molar-refractivity contribution in [2.45, 2.75) is 44.6 Å². The van der Waals surface area contributed by atoms with E-state index in [0.29, 0.717) is 6.61 Å². The molecule has 1 atom stereocenters. The van der Waals surface area contributed by atoms with Gasteiger partial charge in [0.2, 0.25) is 5.91 Å². The zero-order chi connectivity index (χ0) is 12.7. The first-order valence-corrected chi connectivity index (χ1v) is 6.16. The molecule has 1 rings (SSSR count). The molecule has 1 saturated carbocycles. The first-order chi connectivity index (χ1) is 8.15. The van der Waals surface area contributed by atoms with Crippen LogP contribution in [0.25, 0.3) is 0 Å². The number of carbonyl (C=O) groups excluding carboxylic acids is 1. The van der Waals surface area contributed by atoms with Crippen molar-refractivity contribution in [1.82, 2.24) is 5.32 Å². The van der Waals surface area contributed by atoms with E-state index in [9.17, 15) is 9.59 Å². The molecule has 1 unspecified atom stereocenters. The molecule has 0 bridgehead atoms. The number of carboxylic acids is 1. The highest BCUT2D eigenvalue weighted by molar-refractivity contribution is 5.83. The second-order valence-corrected chi connectivity index (χ2v) is 4.52. The van der Waals surface area contributed by atoms with Gasteiger partial charge in [-0.05, 0) is 18.8 Å². The van der Waals surface area contributed by atoms with Crippen LogP contribution in [0.1, 0.15) is 38.5 Å². The van der Waals surface area contributed by atoms with Gasteiger partial charge in [-0.15, -0.1) is 0 Å². The van der Waals surface area contributed by atoms with Crippen molar-refractivity contribution in [2.24, 2.45) is 5.92 Å². The number of carboxylic acid groups (broad SMARTS) is 1. The second-order valence-electron chi connectivity index (χ2n) is 4.52. The lowest BCUT2D eigenvalue weighted by atomic mass is 9.84. The summed E-state index contributed by atoms with van der Waals surface area (Å²) in [4.78, 5) is 22.7. The van der Waals surface area contributed by atoms with Gasteiger partial charge in [0.05, 0.1) is 6.61 Å². The first kappa shape index (κ1) is 14.0. The zero-order valence-electron chi connectivity index (χ0n) is 10.3. The molecule has 5 heteroatoms. The molecule has 0 aromatic heterocycles. The van der Waals surface area contributed by atoms with Crippen LogP contribution < -0.4 is 5.32 Å². The van der Waals surface area contributed by atoms with E-state index in [1.165, 1.54) is 13.5 Å². The molecule has 1 amide bonds. The highest BCUT2D eigenvalue weighted by atomic mass is 16.5. The molecule has 17 heavy (non-hydrogen) atoms. The van der Waals surface area contributed by atoms with Gasteiger partial charge in [0.1, 0.15) is 6.04 Å². The fourth-order valence-electron chi connectivity index (χ4n) is 2.29. The van der Waals surface area contributed by atoms with Gasteiger partial charge in [-0.3, -0.25) is 4.79 Å². The minimum Gasteiger partial charge on any atom is -0.480 e. The number of methoxy groups -OCH3 is 1. The Morgan fingerprint density at radius 3 is 2.53 bits per heavy atom. The summed E-state index contributed by atoms with van der Waals surface area (Å²) in [6, 6.07) is -0.736. The number of carbonyl (C=O) groups is 2. The van der Waals surface area contributed by atoms with Crippen LogP contribution in [-0.2, 0) is 14.3 Å². The van der Waals surface area contributed by atoms with Crippen molar-refractivity contribution in [3.63, 3.8) is 0 Å². The number of nitrogens with one attached hydrogen (secondary N) is 1. The Kier molecular flexibility index (Phi) is 5.97. The van der Waals surface area contributed by atoms with E-state index in [1.54, 1.807) is 0 Å². The standard InChI is InChI=1S/C12H21NO4/c1-17-8-7-10(14)13-11(12(15)16)9-5-3-2-4-6-9/h9,11H,2-8H2,1H3,(H,13,14)(H,15,16). The molecular formula is C12H21NO4. The van der Waals surface area contributed by atoms with Crippen molar-refractivity contribution in [2.75, 3.05) is 13.7 Å². The maximum Gasteiger partial charge on any atom is 0.326 e. The lowest BCUT2D eigenvalue weighted by Gasteiger charge is -2.28. The van der Waals surface area contributed by atoms with Crippen molar-refractivity contribution in [3.8, 4) is 0 Å². The smallest absolute Gasteiger partial charge is 0.326 e. The molecule has 0 aromatic rings. The third-order valence-corrected chi connectivity index (χ3v) is 3.24. The normalized spacial score (nSPS) is 18.6. The van der Waals surface area contributed by atoms with E-state index in [2.05, 4.69) is 5.32 Å². The molecule has 0 spiro atoms. The Balaban J connectivity index is 2.47. The molecule has 1 aliphatic carbocycles. The molecule has 1 aliphatic rings. The predicted octanol–water partition coefficient (Wildman–Crippen LogP) is 1.17. The van der Waals surface area contributed by atoms with Crippen LogP contribution in [-0.4, -0.2) is 36.7 Å². The third kappa shape index (κ3) is 4.73. The summed E-state index contributed by atoms with van der Waals surface area (Å²) in [6.45, 7) is 0.322. The number of amides is 1. The monoisotopic (exact) mass is 243 g/mol. The molecule has 98 valence electrons. The molecule has 0 radical (unpaired) electrons. The molecule has 1 fully saturated rings. The Morgan fingerprint density at radius 2 is 2.00 bits per heavy atom. The van der Waals surface area contributed by atoms with Gasteiger partial charge in [0, 0.05) is 13.5 Å². The quantitative estimate of drug-likeness (QED) is 0.734. The maximum atomic E-state index is 11.5. The Labute approximate surface area is 102 Å². The number of hydrogen-bond donors (Lipinski definition) is 2. The lowest BCUT2D eigenvalue weighted by molar-refractivity contribution is -0.144. The van der Waals surface area contributed by atoms with Crippen LogP contribution in [0.3, 0.4) is 0 Å². The molecular weight excluding hydrogens is 222 g/mol. The molecule has 5 nitrogen and oxygen atoms in total. The zero-order valence-corrected chi connectivity index (χ0v) is 10.3. The van der Waals surface area contributed by atoms with Gasteiger partial charge in [0.25, 0.3) is 0 Å². The van der Waals surface area contributed by atoms with Crippen molar-refractivity contribution in [1.29, 1.82) is 0 Å². The summed E-state index contributed by atoms with van der Waals surface area (Å²) in [5, 5.41) is 11.8. The van der Waals surface area contributed by atoms with Gasteiger partial charge >= 0.3 is 5.97 Å². The Morgan fingerprint density at radius 1 is 1.35 bits per heavy atom. The van der Waals surface area contributed by atoms with Crippen LogP contribution in [0.2, 0.25) is 0 Å². The summed E-state index contributed by atoms with van der Waals surface area (Å²) in [6.07, 6.45) is 5.28. The van der Waals surface area contributed by atoms with E-state index < -0.39 is 12.0 Å². The van der Waals surface area contributed by atoms with E-state index in [-0.39, 0.29) is 18.2 Å². The largest absolute Gasteiger partial charge is 0.480 e. The van der Waals surface area contributed by atoms with Crippen LogP contribution in [0, 0.1) is 5.92 Å². The van der Waals surface area contributed by atoms with Crippen molar-refractivity contribution >= 4 is 11.9 Å². The summed E-state index contributed by atoms with van der Waals surface area (Å²) in [5.41, 5.74) is 0. The van der Waals surface area contributed by atoms with E-state index in [4.69, 9.17) is 9.84 Å². The molecule has 0 aromatic carbocycles. The fourth-order valence-corrected chi connectivity index (χ4v) is 2.29. The highest BCUT2D eigenvalue weighted by Crippen LogP contribution is 2.26. The molecule has 0 aliphatic heterocycles. The number of aliphatic carboxylic acids is 1. The Bertz CT molecular complexity index is 261. The minimum atomic E-state index is -0.928. The number of hydrogen-bond acceptors (Lipinski definition) is 3. The summed E-state index contributed by atoms with van der Waals surface area (Å²) >= 11 is 0. The van der Waals surface area contributed by atoms with Gasteiger partial charge in [0.15, 0.2) is 0 Å². The lowest BCUT2D eigenvalue weighted by Crippen LogP contribution is -2.46. The van der Waals surface area contributed by atoms with E-state index in [0.717, 1.165) is 25.7 Å². The van der Waals surface area contributed by atoms with Gasteiger partial charge in [-0.25, -0.2) is 4.79 Å². The summed E-state index contributed by atoms with van der Waals surface area (Å²) in [5.74, 6) is -1.10. The van der Waals surface area contributed by atoms with Crippen LogP contribution in [0.4, 0.5) is 0 Å². The fraction of sp³-hybridized carbons (Fsp3) is 0.833. The summed E-state index contributed by atoms with van der Waals surface area (Å²) < 4.78 is 4.79. The van der Waals surface area contributed by atoms with Crippen LogP contribution in [0.5, 0.6) is 0 Å². The van der Waals surface area contributed by atoms with Gasteiger partial charge in [-0.1, -0.05) is 19.3 Å². The molecule has 0 heterocycles. The predicted molar refractivity (Wildman–Crippen MR) is 62.6 cm³/mol. The first-order valence-electron chi connectivity index (χ1n) is 6.16. The molecule has 2 N–H and O–H groups in total. The highest BCUT2D eigenvalue weighted by Gasteiger charge is 2.30. The van der Waals surface area contributed by atoms with Crippen LogP contribution in [0.15, 0.2) is 0 Å². The third-order valence-electron chi connectivity index (χ3n) is 3.24. The maximum absolute atomic E-state index is 11.5. The molecule has 0 saturated heterocycles. The van der Waals surface area contributed by atoms with E-state index >= 15 is 0 Å². The minimum absolute atomic E-state index is 0.0766. The topological polar surface area (TPSA) is 75.6 Å².